The van der Waals surface area contributed by atoms with Gasteiger partial charge in [-0.1, -0.05) is 44.7 Å². The zero-order valence-corrected chi connectivity index (χ0v) is 19.1. The van der Waals surface area contributed by atoms with Crippen LogP contribution in [0.5, 0.6) is 0 Å². The van der Waals surface area contributed by atoms with Gasteiger partial charge in [0.1, 0.15) is 17.2 Å². The molecule has 1 fully saturated rings. The Morgan fingerprint density at radius 2 is 1.64 bits per heavy atom. The number of nitrogens with zero attached hydrogens (tertiary/aromatic N) is 1. The molecule has 0 spiro atoms. The Hall–Kier alpha value is -2.39. The van der Waals surface area contributed by atoms with Gasteiger partial charge in [-0.3, -0.25) is 0 Å². The predicted molar refractivity (Wildman–Crippen MR) is 120 cm³/mol. The fourth-order valence-electron chi connectivity index (χ4n) is 4.69. The Balaban J connectivity index is 1.59. The standard InChI is InChI=1S/C27H31F4NO/c1-2-3-4-5-19-10-12-22(13-11-19)23-16-24(28)26(25(29)17-23)27(30,31)33-15-14-20-6-8-21(18-32)9-7-20/h6-9,16-17,19,22H,2-5,10-15H2,1H3/t19-,22-. The van der Waals surface area contributed by atoms with Gasteiger partial charge in [-0.2, -0.15) is 14.0 Å². The maximum absolute atomic E-state index is 14.6. The van der Waals surface area contributed by atoms with Gasteiger partial charge in [0.15, 0.2) is 0 Å². The van der Waals surface area contributed by atoms with Crippen LogP contribution in [-0.4, -0.2) is 6.61 Å². The lowest BCUT2D eigenvalue weighted by atomic mass is 9.77. The van der Waals surface area contributed by atoms with E-state index in [0.717, 1.165) is 37.8 Å². The van der Waals surface area contributed by atoms with Crippen LogP contribution in [0.4, 0.5) is 17.6 Å². The quantitative estimate of drug-likeness (QED) is 0.265. The maximum atomic E-state index is 14.6. The van der Waals surface area contributed by atoms with Crippen LogP contribution in [0.3, 0.4) is 0 Å². The molecule has 0 aliphatic heterocycles. The largest absolute Gasteiger partial charge is 0.389 e. The van der Waals surface area contributed by atoms with Crippen molar-refractivity contribution in [3.8, 4) is 6.07 Å². The van der Waals surface area contributed by atoms with E-state index in [1.807, 2.05) is 6.07 Å². The maximum Gasteiger partial charge on any atom is 0.389 e. The predicted octanol–water partition coefficient (Wildman–Crippen LogP) is 8.00. The number of halogens is 4. The highest BCUT2D eigenvalue weighted by molar-refractivity contribution is 5.32. The van der Waals surface area contributed by atoms with Gasteiger partial charge in [-0.25, -0.2) is 8.78 Å². The van der Waals surface area contributed by atoms with Crippen LogP contribution in [0.25, 0.3) is 0 Å². The molecule has 0 N–H and O–H groups in total. The molecular formula is C27H31F4NO. The molecule has 0 unspecified atom stereocenters. The minimum atomic E-state index is -4.07. The first-order valence-corrected chi connectivity index (χ1v) is 11.8. The van der Waals surface area contributed by atoms with Gasteiger partial charge in [0.05, 0.1) is 18.2 Å². The fraction of sp³-hybridized carbons (Fsp3) is 0.519. The molecule has 33 heavy (non-hydrogen) atoms. The highest BCUT2D eigenvalue weighted by Crippen LogP contribution is 2.40. The summed E-state index contributed by atoms with van der Waals surface area (Å²) in [6.07, 6.45) is 4.53. The topological polar surface area (TPSA) is 33.0 Å². The summed E-state index contributed by atoms with van der Waals surface area (Å²) in [6.45, 7) is 1.76. The molecule has 0 heterocycles. The highest BCUT2D eigenvalue weighted by Gasteiger charge is 2.40. The second kappa shape index (κ2) is 11.7. The van der Waals surface area contributed by atoms with Crippen molar-refractivity contribution >= 4 is 0 Å². The molecule has 0 atom stereocenters. The number of unbranched alkanes of at least 4 members (excludes halogenated alkanes) is 2. The second-order valence-electron chi connectivity index (χ2n) is 9.00. The molecular weight excluding hydrogens is 430 g/mol. The summed E-state index contributed by atoms with van der Waals surface area (Å²) in [5, 5.41) is 8.80. The summed E-state index contributed by atoms with van der Waals surface area (Å²) in [5.74, 6) is -1.89. The summed E-state index contributed by atoms with van der Waals surface area (Å²) in [4.78, 5) is 0. The average molecular weight is 462 g/mol. The van der Waals surface area contributed by atoms with Crippen LogP contribution < -0.4 is 0 Å². The molecule has 0 bridgehead atoms. The van der Waals surface area contributed by atoms with Crippen molar-refractivity contribution in [2.75, 3.05) is 6.61 Å². The molecule has 0 amide bonds. The Labute approximate surface area is 193 Å². The third-order valence-corrected chi connectivity index (χ3v) is 6.65. The van der Waals surface area contributed by atoms with Gasteiger partial charge >= 0.3 is 6.11 Å². The Morgan fingerprint density at radius 1 is 1.00 bits per heavy atom. The summed E-state index contributed by atoms with van der Waals surface area (Å²) in [5.41, 5.74) is 0.263. The van der Waals surface area contributed by atoms with E-state index >= 15 is 0 Å². The summed E-state index contributed by atoms with van der Waals surface area (Å²) >= 11 is 0. The number of hydrogen-bond acceptors (Lipinski definition) is 2. The molecule has 2 nitrogen and oxygen atoms in total. The first-order chi connectivity index (χ1) is 15.8. The molecule has 1 aliphatic rings. The number of hydrogen-bond donors (Lipinski definition) is 0. The van der Waals surface area contributed by atoms with Crippen LogP contribution in [0.1, 0.15) is 86.5 Å². The van der Waals surface area contributed by atoms with Crippen molar-refractivity contribution in [1.29, 1.82) is 5.26 Å². The van der Waals surface area contributed by atoms with Crippen molar-refractivity contribution in [1.82, 2.24) is 0 Å². The van der Waals surface area contributed by atoms with Crippen LogP contribution in [-0.2, 0) is 17.3 Å². The Bertz CT molecular complexity index is 921. The lowest BCUT2D eigenvalue weighted by molar-refractivity contribution is -0.251. The van der Waals surface area contributed by atoms with Crippen molar-refractivity contribution in [2.45, 2.75) is 76.7 Å². The highest BCUT2D eigenvalue weighted by atomic mass is 19.3. The van der Waals surface area contributed by atoms with Gasteiger partial charge in [-0.15, -0.1) is 0 Å². The van der Waals surface area contributed by atoms with Gasteiger partial charge in [-0.05, 0) is 79.3 Å². The summed E-state index contributed by atoms with van der Waals surface area (Å²) in [6, 6.07) is 10.5. The third kappa shape index (κ3) is 6.80. The van der Waals surface area contributed by atoms with Crippen molar-refractivity contribution < 1.29 is 22.3 Å². The van der Waals surface area contributed by atoms with Gasteiger partial charge < -0.3 is 4.74 Å². The van der Waals surface area contributed by atoms with Gasteiger partial charge in [0.2, 0.25) is 0 Å². The zero-order chi connectivity index (χ0) is 23.8. The number of alkyl halides is 2. The first-order valence-electron chi connectivity index (χ1n) is 11.8. The van der Waals surface area contributed by atoms with E-state index in [1.54, 1.807) is 24.3 Å². The van der Waals surface area contributed by atoms with Crippen molar-refractivity contribution in [3.05, 3.63) is 70.3 Å². The Morgan fingerprint density at radius 3 is 2.21 bits per heavy atom. The SMILES string of the molecule is CCCCC[C@H]1CC[C@H](c2cc(F)c(C(F)(F)OCCc3ccc(C#N)cc3)c(F)c2)CC1. The van der Waals surface area contributed by atoms with E-state index in [-0.39, 0.29) is 12.3 Å². The lowest BCUT2D eigenvalue weighted by Gasteiger charge is -2.29. The number of benzene rings is 2. The molecule has 178 valence electrons. The smallest absolute Gasteiger partial charge is 0.316 e. The first kappa shape index (κ1) is 25.2. The molecule has 1 aliphatic carbocycles. The summed E-state index contributed by atoms with van der Waals surface area (Å²) < 4.78 is 63.0. The van der Waals surface area contributed by atoms with Crippen molar-refractivity contribution in [2.24, 2.45) is 5.92 Å². The normalized spacial score (nSPS) is 18.8. The molecule has 6 heteroatoms. The minimum absolute atomic E-state index is 0.00334. The van der Waals surface area contributed by atoms with Crippen LogP contribution >= 0.6 is 0 Å². The Kier molecular flexibility index (Phi) is 8.91. The molecule has 0 saturated heterocycles. The summed E-state index contributed by atoms with van der Waals surface area (Å²) in [7, 11) is 0. The molecule has 1 saturated carbocycles. The monoisotopic (exact) mass is 461 g/mol. The third-order valence-electron chi connectivity index (χ3n) is 6.65. The van der Waals surface area contributed by atoms with E-state index in [1.165, 1.54) is 25.7 Å². The fourth-order valence-corrected chi connectivity index (χ4v) is 4.69. The molecule has 0 radical (unpaired) electrons. The van der Waals surface area contributed by atoms with Crippen LogP contribution in [0.2, 0.25) is 0 Å². The van der Waals surface area contributed by atoms with Crippen LogP contribution in [0, 0.1) is 28.9 Å². The molecule has 3 rings (SSSR count). The molecule has 0 aromatic heterocycles. The average Bonchev–Trinajstić information content (AvgIpc) is 2.79. The lowest BCUT2D eigenvalue weighted by Crippen LogP contribution is -2.24. The number of rotatable bonds is 10. The molecule has 2 aromatic rings. The van der Waals surface area contributed by atoms with E-state index in [9.17, 15) is 17.6 Å². The van der Waals surface area contributed by atoms with E-state index in [2.05, 4.69) is 11.7 Å². The van der Waals surface area contributed by atoms with Gasteiger partial charge in [0.25, 0.3) is 0 Å². The number of ether oxygens (including phenoxy) is 1. The van der Waals surface area contributed by atoms with Crippen LogP contribution in [0.15, 0.2) is 36.4 Å². The second-order valence-corrected chi connectivity index (χ2v) is 9.00. The van der Waals surface area contributed by atoms with E-state index in [4.69, 9.17) is 5.26 Å². The van der Waals surface area contributed by atoms with E-state index < -0.39 is 29.9 Å². The van der Waals surface area contributed by atoms with Gasteiger partial charge in [0, 0.05) is 0 Å². The molecule has 2 aromatic carbocycles. The van der Waals surface area contributed by atoms with Crippen molar-refractivity contribution in [3.63, 3.8) is 0 Å². The minimum Gasteiger partial charge on any atom is -0.316 e. The number of nitriles is 1. The van der Waals surface area contributed by atoms with E-state index in [0.29, 0.717) is 22.6 Å². The zero-order valence-electron chi connectivity index (χ0n) is 19.1.